The third-order valence-electron chi connectivity index (χ3n) is 3.85. The van der Waals surface area contributed by atoms with E-state index in [-0.39, 0.29) is 5.78 Å². The molecule has 2 aromatic carbocycles. The predicted molar refractivity (Wildman–Crippen MR) is 98.8 cm³/mol. The number of allylic oxidation sites excluding steroid dienone is 1. The summed E-state index contributed by atoms with van der Waals surface area (Å²) in [6.07, 6.45) is 3.21. The average molecular weight is 332 g/mol. The maximum Gasteiger partial charge on any atom is 0.185 e. The number of benzene rings is 2. The summed E-state index contributed by atoms with van der Waals surface area (Å²) < 4.78 is 11.5. The second-order valence-electron chi connectivity index (χ2n) is 5.93. The van der Waals surface area contributed by atoms with Crippen molar-refractivity contribution in [2.75, 3.05) is 0 Å². The summed E-state index contributed by atoms with van der Waals surface area (Å²) in [5.41, 5.74) is 2.82. The monoisotopic (exact) mass is 332 g/mol. The van der Waals surface area contributed by atoms with E-state index >= 15 is 0 Å². The Labute approximate surface area is 147 Å². The van der Waals surface area contributed by atoms with Gasteiger partial charge in [0.2, 0.25) is 0 Å². The van der Waals surface area contributed by atoms with Crippen LogP contribution >= 0.6 is 0 Å². The van der Waals surface area contributed by atoms with Gasteiger partial charge >= 0.3 is 0 Å². The predicted octanol–water partition coefficient (Wildman–Crippen LogP) is 5.37. The normalized spacial score (nSPS) is 11.0. The van der Waals surface area contributed by atoms with E-state index < -0.39 is 0 Å². The molecule has 0 unspecified atom stereocenters. The van der Waals surface area contributed by atoms with Gasteiger partial charge in [0.1, 0.15) is 23.9 Å². The summed E-state index contributed by atoms with van der Waals surface area (Å²) in [6, 6.07) is 19.1. The Morgan fingerprint density at radius 1 is 1.04 bits per heavy atom. The minimum Gasteiger partial charge on any atom is -0.485 e. The molecule has 1 heterocycles. The molecule has 25 heavy (non-hydrogen) atoms. The van der Waals surface area contributed by atoms with Gasteiger partial charge < -0.3 is 9.15 Å². The summed E-state index contributed by atoms with van der Waals surface area (Å²) in [5.74, 6) is 2.14. The maximum atomic E-state index is 12.2. The minimum absolute atomic E-state index is 0.0437. The van der Waals surface area contributed by atoms with Crippen molar-refractivity contribution in [1.82, 2.24) is 0 Å². The molecular formula is C22H20O3. The zero-order valence-corrected chi connectivity index (χ0v) is 14.4. The first kappa shape index (κ1) is 16.8. The Morgan fingerprint density at radius 3 is 2.68 bits per heavy atom. The van der Waals surface area contributed by atoms with E-state index in [2.05, 4.69) is 0 Å². The molecule has 3 rings (SSSR count). The molecule has 0 radical (unpaired) electrons. The van der Waals surface area contributed by atoms with E-state index in [1.165, 1.54) is 6.08 Å². The third-order valence-corrected chi connectivity index (χ3v) is 3.85. The zero-order valence-electron chi connectivity index (χ0n) is 14.4. The molecular weight excluding hydrogens is 312 g/mol. The number of rotatable bonds is 6. The molecule has 0 aliphatic rings. The lowest BCUT2D eigenvalue weighted by Crippen LogP contribution is -1.95. The fraction of sp³-hybridized carbons (Fsp3) is 0.136. The lowest BCUT2D eigenvalue weighted by molar-refractivity contribution is 0.104. The number of ether oxygens (including phenoxy) is 1. The first-order valence-corrected chi connectivity index (χ1v) is 8.18. The lowest BCUT2D eigenvalue weighted by Gasteiger charge is -2.06. The summed E-state index contributed by atoms with van der Waals surface area (Å²) in [6.45, 7) is 4.32. The van der Waals surface area contributed by atoms with Gasteiger partial charge in [-0.1, -0.05) is 42.0 Å². The van der Waals surface area contributed by atoms with Gasteiger partial charge in [0.15, 0.2) is 5.78 Å². The molecule has 0 saturated heterocycles. The number of para-hydroxylation sites is 1. The molecule has 0 bridgehead atoms. The van der Waals surface area contributed by atoms with Gasteiger partial charge in [0.25, 0.3) is 0 Å². The Bertz CT molecular complexity index is 903. The Hall–Kier alpha value is -3.07. The van der Waals surface area contributed by atoms with Crippen LogP contribution in [-0.2, 0) is 6.61 Å². The maximum absolute atomic E-state index is 12.2. The number of carbonyl (C=O) groups excluding carboxylic acids is 1. The molecule has 3 aromatic rings. The second-order valence-corrected chi connectivity index (χ2v) is 5.93. The van der Waals surface area contributed by atoms with Crippen LogP contribution in [0, 0.1) is 13.8 Å². The van der Waals surface area contributed by atoms with Crippen LogP contribution in [0.1, 0.15) is 33.0 Å². The first-order valence-electron chi connectivity index (χ1n) is 8.18. The highest BCUT2D eigenvalue weighted by molar-refractivity contribution is 6.06. The molecule has 0 aliphatic carbocycles. The number of hydrogen-bond acceptors (Lipinski definition) is 3. The summed E-state index contributed by atoms with van der Waals surface area (Å²) in [7, 11) is 0. The van der Waals surface area contributed by atoms with E-state index in [4.69, 9.17) is 9.15 Å². The molecule has 1 aromatic heterocycles. The standard InChI is InChI=1S/C22H20O3/c1-16-6-5-8-18(14-16)21(23)13-12-19-10-11-20(25-19)15-24-22-9-4-3-7-17(22)2/h3-14H,15H2,1-2H3/b13-12+. The first-order chi connectivity index (χ1) is 12.1. The van der Waals surface area contributed by atoms with Gasteiger partial charge in [-0.2, -0.15) is 0 Å². The molecule has 0 aliphatic heterocycles. The molecule has 3 heteroatoms. The largest absolute Gasteiger partial charge is 0.485 e. The Morgan fingerprint density at radius 2 is 1.88 bits per heavy atom. The zero-order chi connectivity index (χ0) is 17.6. The molecule has 126 valence electrons. The van der Waals surface area contributed by atoms with E-state index in [0.29, 0.717) is 23.7 Å². The number of furan rings is 1. The van der Waals surface area contributed by atoms with Gasteiger partial charge in [-0.05, 0) is 55.8 Å². The van der Waals surface area contributed by atoms with Gasteiger partial charge in [0.05, 0.1) is 0 Å². The summed E-state index contributed by atoms with van der Waals surface area (Å²) in [5, 5.41) is 0. The highest BCUT2D eigenvalue weighted by Crippen LogP contribution is 2.19. The third kappa shape index (κ3) is 4.48. The van der Waals surface area contributed by atoms with Crippen molar-refractivity contribution in [2.45, 2.75) is 20.5 Å². The van der Waals surface area contributed by atoms with Crippen molar-refractivity contribution in [1.29, 1.82) is 0 Å². The molecule has 0 saturated carbocycles. The smallest absolute Gasteiger partial charge is 0.185 e. The SMILES string of the molecule is Cc1cccc(C(=O)/C=C/c2ccc(COc3ccccc3C)o2)c1. The van der Waals surface area contributed by atoms with Crippen molar-refractivity contribution in [3.05, 3.63) is 95.0 Å². The molecule has 0 atom stereocenters. The quantitative estimate of drug-likeness (QED) is 0.450. The van der Waals surface area contributed by atoms with Crippen LogP contribution in [0.4, 0.5) is 0 Å². The van der Waals surface area contributed by atoms with Gasteiger partial charge in [-0.25, -0.2) is 0 Å². The number of ketones is 1. The molecule has 0 fully saturated rings. The second kappa shape index (κ2) is 7.67. The molecule has 0 amide bonds. The van der Waals surface area contributed by atoms with Crippen LogP contribution < -0.4 is 4.74 Å². The summed E-state index contributed by atoms with van der Waals surface area (Å²) >= 11 is 0. The van der Waals surface area contributed by atoms with E-state index in [1.807, 2.05) is 74.5 Å². The molecule has 0 N–H and O–H groups in total. The Kier molecular flexibility index (Phi) is 5.14. The molecule has 3 nitrogen and oxygen atoms in total. The van der Waals surface area contributed by atoms with Gasteiger partial charge in [0, 0.05) is 5.56 Å². The van der Waals surface area contributed by atoms with Gasteiger partial charge in [-0.3, -0.25) is 4.79 Å². The fourth-order valence-electron chi connectivity index (χ4n) is 2.48. The number of aryl methyl sites for hydroxylation is 2. The van der Waals surface area contributed by atoms with E-state index in [9.17, 15) is 4.79 Å². The van der Waals surface area contributed by atoms with Crippen LogP contribution in [0.15, 0.2) is 71.2 Å². The van der Waals surface area contributed by atoms with E-state index in [0.717, 1.165) is 16.9 Å². The lowest BCUT2D eigenvalue weighted by atomic mass is 10.1. The van der Waals surface area contributed by atoms with Crippen LogP contribution in [0.5, 0.6) is 5.75 Å². The summed E-state index contributed by atoms with van der Waals surface area (Å²) in [4.78, 5) is 12.2. The van der Waals surface area contributed by atoms with Crippen molar-refractivity contribution in [2.24, 2.45) is 0 Å². The minimum atomic E-state index is -0.0437. The average Bonchev–Trinajstić information content (AvgIpc) is 3.07. The number of hydrogen-bond donors (Lipinski definition) is 0. The van der Waals surface area contributed by atoms with Crippen LogP contribution in [0.25, 0.3) is 6.08 Å². The van der Waals surface area contributed by atoms with Crippen molar-refractivity contribution < 1.29 is 13.9 Å². The Balaban J connectivity index is 1.61. The fourth-order valence-corrected chi connectivity index (χ4v) is 2.48. The van der Waals surface area contributed by atoms with Crippen LogP contribution in [0.3, 0.4) is 0 Å². The topological polar surface area (TPSA) is 39.4 Å². The van der Waals surface area contributed by atoms with E-state index in [1.54, 1.807) is 6.08 Å². The van der Waals surface area contributed by atoms with Gasteiger partial charge in [-0.15, -0.1) is 0 Å². The van der Waals surface area contributed by atoms with Crippen molar-refractivity contribution in [3.63, 3.8) is 0 Å². The van der Waals surface area contributed by atoms with Crippen LogP contribution in [0.2, 0.25) is 0 Å². The van der Waals surface area contributed by atoms with Crippen molar-refractivity contribution >= 4 is 11.9 Å². The highest BCUT2D eigenvalue weighted by atomic mass is 16.5. The van der Waals surface area contributed by atoms with Crippen molar-refractivity contribution in [3.8, 4) is 5.75 Å². The van der Waals surface area contributed by atoms with Crippen LogP contribution in [-0.4, -0.2) is 5.78 Å². The molecule has 0 spiro atoms. The number of carbonyl (C=O) groups is 1. The highest BCUT2D eigenvalue weighted by Gasteiger charge is 2.05.